The molecule has 1 aliphatic carbocycles. The first-order valence-corrected chi connectivity index (χ1v) is 7.15. The van der Waals surface area contributed by atoms with Crippen LogP contribution in [0.5, 0.6) is 0 Å². The number of hydrogen-bond donors (Lipinski definition) is 1. The largest absolute Gasteiger partial charge is 0.310 e. The van der Waals surface area contributed by atoms with Crippen LogP contribution in [0.3, 0.4) is 0 Å². The maximum absolute atomic E-state index is 3.65. The molecule has 1 fully saturated rings. The summed E-state index contributed by atoms with van der Waals surface area (Å²) in [5.74, 6) is 0.962. The first-order valence-electron chi connectivity index (χ1n) is 7.15. The van der Waals surface area contributed by atoms with E-state index in [1.54, 1.807) is 0 Å². The van der Waals surface area contributed by atoms with Gasteiger partial charge in [-0.3, -0.25) is 0 Å². The van der Waals surface area contributed by atoms with Gasteiger partial charge >= 0.3 is 0 Å². The van der Waals surface area contributed by atoms with Gasteiger partial charge in [0.25, 0.3) is 0 Å². The van der Waals surface area contributed by atoms with E-state index in [2.05, 4.69) is 43.4 Å². The second kappa shape index (κ2) is 6.20. The van der Waals surface area contributed by atoms with Crippen molar-refractivity contribution in [3.8, 4) is 0 Å². The van der Waals surface area contributed by atoms with E-state index in [0.717, 1.165) is 18.9 Å². The molecule has 2 rings (SSSR count). The second-order valence-corrected chi connectivity index (χ2v) is 5.24. The SMILES string of the molecule is CCNC(CC1CCC1)c1cccc(CC)c1. The predicted octanol–water partition coefficient (Wildman–Crippen LogP) is 4.09. The van der Waals surface area contributed by atoms with Crippen LogP contribution in [0.1, 0.15) is 56.7 Å². The maximum Gasteiger partial charge on any atom is 0.0322 e. The summed E-state index contributed by atoms with van der Waals surface area (Å²) >= 11 is 0. The molecular formula is C16H25N. The molecule has 0 aliphatic heterocycles. The molecule has 1 heteroatoms. The molecule has 94 valence electrons. The molecule has 0 spiro atoms. The molecule has 1 N–H and O–H groups in total. The van der Waals surface area contributed by atoms with E-state index in [-0.39, 0.29) is 0 Å². The first-order chi connectivity index (χ1) is 8.33. The molecule has 1 unspecified atom stereocenters. The van der Waals surface area contributed by atoms with Crippen LogP contribution < -0.4 is 5.32 Å². The van der Waals surface area contributed by atoms with E-state index in [1.165, 1.54) is 36.8 Å². The molecule has 1 saturated carbocycles. The van der Waals surface area contributed by atoms with Gasteiger partial charge in [0, 0.05) is 6.04 Å². The van der Waals surface area contributed by atoms with E-state index in [1.807, 2.05) is 0 Å². The van der Waals surface area contributed by atoms with Gasteiger partial charge in [0.2, 0.25) is 0 Å². The molecule has 0 amide bonds. The maximum atomic E-state index is 3.65. The summed E-state index contributed by atoms with van der Waals surface area (Å²) in [6, 6.07) is 9.67. The molecule has 0 bridgehead atoms. The highest BCUT2D eigenvalue weighted by atomic mass is 14.9. The predicted molar refractivity (Wildman–Crippen MR) is 74.2 cm³/mol. The average Bonchev–Trinajstić information content (AvgIpc) is 2.32. The Bertz CT molecular complexity index is 341. The standard InChI is InChI=1S/C16H25N/c1-3-13-7-6-10-15(11-13)16(17-4-2)12-14-8-5-9-14/h6-7,10-11,14,16-17H,3-5,8-9,12H2,1-2H3. The molecule has 0 radical (unpaired) electrons. The van der Waals surface area contributed by atoms with E-state index in [9.17, 15) is 0 Å². The van der Waals surface area contributed by atoms with Crippen LogP contribution in [-0.4, -0.2) is 6.54 Å². The number of rotatable bonds is 6. The fourth-order valence-electron chi connectivity index (χ4n) is 2.68. The van der Waals surface area contributed by atoms with E-state index in [0.29, 0.717) is 6.04 Å². The van der Waals surface area contributed by atoms with Gasteiger partial charge in [0.05, 0.1) is 0 Å². The van der Waals surface area contributed by atoms with Gasteiger partial charge in [0.1, 0.15) is 0 Å². The molecule has 1 atom stereocenters. The Morgan fingerprint density at radius 2 is 2.12 bits per heavy atom. The highest BCUT2D eigenvalue weighted by Gasteiger charge is 2.22. The van der Waals surface area contributed by atoms with Crippen LogP contribution >= 0.6 is 0 Å². The number of aryl methyl sites for hydroxylation is 1. The van der Waals surface area contributed by atoms with Crippen LogP contribution in [0.2, 0.25) is 0 Å². The summed E-state index contributed by atoms with van der Waals surface area (Å²) in [4.78, 5) is 0. The second-order valence-electron chi connectivity index (χ2n) is 5.24. The molecule has 17 heavy (non-hydrogen) atoms. The third-order valence-corrected chi connectivity index (χ3v) is 4.01. The zero-order valence-corrected chi connectivity index (χ0v) is 11.2. The highest BCUT2D eigenvalue weighted by Crippen LogP contribution is 2.34. The summed E-state index contributed by atoms with van der Waals surface area (Å²) < 4.78 is 0. The third-order valence-electron chi connectivity index (χ3n) is 4.01. The Kier molecular flexibility index (Phi) is 4.61. The van der Waals surface area contributed by atoms with Gasteiger partial charge < -0.3 is 5.32 Å². The van der Waals surface area contributed by atoms with Crippen molar-refractivity contribution in [1.29, 1.82) is 0 Å². The summed E-state index contributed by atoms with van der Waals surface area (Å²) in [6.07, 6.45) is 6.78. The molecule has 0 aromatic heterocycles. The minimum atomic E-state index is 0.566. The fourth-order valence-corrected chi connectivity index (χ4v) is 2.68. The van der Waals surface area contributed by atoms with Crippen LogP contribution in [0.25, 0.3) is 0 Å². The Balaban J connectivity index is 2.06. The molecule has 1 aliphatic rings. The Hall–Kier alpha value is -0.820. The van der Waals surface area contributed by atoms with Crippen LogP contribution in [0, 0.1) is 5.92 Å². The van der Waals surface area contributed by atoms with Crippen molar-refractivity contribution < 1.29 is 0 Å². The van der Waals surface area contributed by atoms with Crippen molar-refractivity contribution in [2.75, 3.05) is 6.54 Å². The van der Waals surface area contributed by atoms with Gasteiger partial charge in [-0.1, -0.05) is 57.4 Å². The number of nitrogens with one attached hydrogen (secondary N) is 1. The number of benzene rings is 1. The Labute approximate surface area is 106 Å². The van der Waals surface area contributed by atoms with Crippen molar-refractivity contribution in [3.05, 3.63) is 35.4 Å². The lowest BCUT2D eigenvalue weighted by Crippen LogP contribution is -2.26. The van der Waals surface area contributed by atoms with Crippen LogP contribution in [0.4, 0.5) is 0 Å². The van der Waals surface area contributed by atoms with Gasteiger partial charge in [-0.25, -0.2) is 0 Å². The highest BCUT2D eigenvalue weighted by molar-refractivity contribution is 5.26. The topological polar surface area (TPSA) is 12.0 Å². The molecule has 0 heterocycles. The first kappa shape index (κ1) is 12.6. The Morgan fingerprint density at radius 3 is 2.71 bits per heavy atom. The summed E-state index contributed by atoms with van der Waals surface area (Å²) in [5.41, 5.74) is 2.94. The zero-order chi connectivity index (χ0) is 12.1. The summed E-state index contributed by atoms with van der Waals surface area (Å²) in [6.45, 7) is 5.50. The quantitative estimate of drug-likeness (QED) is 0.777. The van der Waals surface area contributed by atoms with E-state index >= 15 is 0 Å². The minimum absolute atomic E-state index is 0.566. The van der Waals surface area contributed by atoms with Crippen molar-refractivity contribution in [2.24, 2.45) is 5.92 Å². The molecule has 1 aromatic rings. The van der Waals surface area contributed by atoms with Crippen molar-refractivity contribution in [1.82, 2.24) is 5.32 Å². The lowest BCUT2D eigenvalue weighted by molar-refractivity contribution is 0.262. The van der Waals surface area contributed by atoms with Crippen LogP contribution in [0.15, 0.2) is 24.3 Å². The third kappa shape index (κ3) is 3.32. The van der Waals surface area contributed by atoms with Crippen molar-refractivity contribution in [3.63, 3.8) is 0 Å². The molecular weight excluding hydrogens is 206 g/mol. The lowest BCUT2D eigenvalue weighted by Gasteiger charge is -2.30. The molecule has 0 saturated heterocycles. The van der Waals surface area contributed by atoms with Crippen molar-refractivity contribution in [2.45, 2.75) is 52.0 Å². The fraction of sp³-hybridized carbons (Fsp3) is 0.625. The van der Waals surface area contributed by atoms with Gasteiger partial charge in [-0.2, -0.15) is 0 Å². The smallest absolute Gasteiger partial charge is 0.0322 e. The summed E-state index contributed by atoms with van der Waals surface area (Å²) in [7, 11) is 0. The minimum Gasteiger partial charge on any atom is -0.310 e. The lowest BCUT2D eigenvalue weighted by atomic mass is 9.79. The van der Waals surface area contributed by atoms with Crippen LogP contribution in [-0.2, 0) is 6.42 Å². The monoisotopic (exact) mass is 231 g/mol. The summed E-state index contributed by atoms with van der Waals surface area (Å²) in [5, 5.41) is 3.65. The van der Waals surface area contributed by atoms with E-state index < -0.39 is 0 Å². The Morgan fingerprint density at radius 1 is 1.29 bits per heavy atom. The zero-order valence-electron chi connectivity index (χ0n) is 11.2. The normalized spacial score (nSPS) is 17.8. The van der Waals surface area contributed by atoms with Crippen molar-refractivity contribution >= 4 is 0 Å². The van der Waals surface area contributed by atoms with Gasteiger partial charge in [-0.15, -0.1) is 0 Å². The number of hydrogen-bond acceptors (Lipinski definition) is 1. The molecule has 1 nitrogen and oxygen atoms in total. The molecule has 1 aromatic carbocycles. The van der Waals surface area contributed by atoms with Gasteiger partial charge in [-0.05, 0) is 36.4 Å². The van der Waals surface area contributed by atoms with Gasteiger partial charge in [0.15, 0.2) is 0 Å². The average molecular weight is 231 g/mol. The van der Waals surface area contributed by atoms with E-state index in [4.69, 9.17) is 0 Å².